The van der Waals surface area contributed by atoms with E-state index in [4.69, 9.17) is 10.5 Å². The van der Waals surface area contributed by atoms with Crippen LogP contribution in [0.2, 0.25) is 0 Å². The molecule has 0 aliphatic rings. The van der Waals surface area contributed by atoms with Crippen LogP contribution in [0.15, 0.2) is 30.3 Å². The van der Waals surface area contributed by atoms with Gasteiger partial charge >= 0.3 is 0 Å². The van der Waals surface area contributed by atoms with Crippen molar-refractivity contribution in [1.82, 2.24) is 4.90 Å². The van der Waals surface area contributed by atoms with Gasteiger partial charge in [0.2, 0.25) is 0 Å². The van der Waals surface area contributed by atoms with E-state index in [1.807, 2.05) is 6.07 Å². The molecule has 0 atom stereocenters. The molecule has 0 aliphatic heterocycles. The summed E-state index contributed by atoms with van der Waals surface area (Å²) in [5, 5.41) is 0. The summed E-state index contributed by atoms with van der Waals surface area (Å²) in [5.74, 6) is 0. The van der Waals surface area contributed by atoms with Crippen LogP contribution in [0.25, 0.3) is 0 Å². The van der Waals surface area contributed by atoms with Crippen molar-refractivity contribution in [2.24, 2.45) is 5.73 Å². The Morgan fingerprint density at radius 3 is 2.39 bits per heavy atom. The van der Waals surface area contributed by atoms with Gasteiger partial charge in [0.1, 0.15) is 0 Å². The number of halogens is 1. The minimum Gasteiger partial charge on any atom is -0.379 e. The SMILES string of the molecule is CC(C)N(CCOCCN)Cc1ccccc1.Cl. The second-order valence-corrected chi connectivity index (χ2v) is 4.45. The van der Waals surface area contributed by atoms with Gasteiger partial charge in [0.15, 0.2) is 0 Å². The Hall–Kier alpha value is -0.610. The van der Waals surface area contributed by atoms with Gasteiger partial charge in [-0.3, -0.25) is 4.90 Å². The number of benzene rings is 1. The van der Waals surface area contributed by atoms with Crippen molar-refractivity contribution in [1.29, 1.82) is 0 Å². The Morgan fingerprint density at radius 2 is 1.83 bits per heavy atom. The van der Waals surface area contributed by atoms with Gasteiger partial charge in [-0.1, -0.05) is 30.3 Å². The molecule has 0 aromatic heterocycles. The summed E-state index contributed by atoms with van der Waals surface area (Å²) in [4.78, 5) is 2.41. The Labute approximate surface area is 117 Å². The van der Waals surface area contributed by atoms with Crippen molar-refractivity contribution in [2.45, 2.75) is 26.4 Å². The minimum absolute atomic E-state index is 0. The molecule has 0 bridgehead atoms. The van der Waals surface area contributed by atoms with E-state index in [-0.39, 0.29) is 12.4 Å². The van der Waals surface area contributed by atoms with Crippen molar-refractivity contribution in [3.8, 4) is 0 Å². The fourth-order valence-corrected chi connectivity index (χ4v) is 1.70. The Morgan fingerprint density at radius 1 is 1.17 bits per heavy atom. The maximum Gasteiger partial charge on any atom is 0.0594 e. The molecule has 18 heavy (non-hydrogen) atoms. The van der Waals surface area contributed by atoms with Crippen LogP contribution in [-0.2, 0) is 11.3 Å². The molecule has 4 heteroatoms. The molecule has 104 valence electrons. The smallest absolute Gasteiger partial charge is 0.0594 e. The first kappa shape index (κ1) is 17.4. The van der Waals surface area contributed by atoms with Crippen LogP contribution in [-0.4, -0.2) is 37.2 Å². The van der Waals surface area contributed by atoms with Crippen LogP contribution in [0.4, 0.5) is 0 Å². The van der Waals surface area contributed by atoms with Crippen LogP contribution in [0.3, 0.4) is 0 Å². The number of nitrogens with two attached hydrogens (primary N) is 1. The molecule has 1 aromatic carbocycles. The topological polar surface area (TPSA) is 38.5 Å². The van der Waals surface area contributed by atoms with Gasteiger partial charge in [-0.2, -0.15) is 0 Å². The molecular formula is C14H25ClN2O. The quantitative estimate of drug-likeness (QED) is 0.738. The van der Waals surface area contributed by atoms with E-state index in [0.29, 0.717) is 19.2 Å². The molecule has 0 fully saturated rings. The third kappa shape index (κ3) is 6.97. The molecule has 0 amide bonds. The first-order valence-electron chi connectivity index (χ1n) is 6.30. The molecule has 3 nitrogen and oxygen atoms in total. The standard InChI is InChI=1S/C14H24N2O.ClH/c1-13(2)16(9-11-17-10-8-15)12-14-6-4-3-5-7-14;/h3-7,13H,8-12,15H2,1-2H3;1H. The first-order valence-corrected chi connectivity index (χ1v) is 6.30. The van der Waals surface area contributed by atoms with Crippen LogP contribution < -0.4 is 5.73 Å². The third-order valence-corrected chi connectivity index (χ3v) is 2.74. The summed E-state index contributed by atoms with van der Waals surface area (Å²) in [6.45, 7) is 8.36. The number of rotatable bonds is 8. The van der Waals surface area contributed by atoms with E-state index in [9.17, 15) is 0 Å². The zero-order chi connectivity index (χ0) is 12.5. The van der Waals surface area contributed by atoms with E-state index < -0.39 is 0 Å². The highest BCUT2D eigenvalue weighted by Crippen LogP contribution is 2.07. The van der Waals surface area contributed by atoms with Gasteiger partial charge in [-0.25, -0.2) is 0 Å². The van der Waals surface area contributed by atoms with E-state index in [0.717, 1.165) is 19.7 Å². The average Bonchev–Trinajstić information content (AvgIpc) is 2.34. The van der Waals surface area contributed by atoms with Crippen molar-refractivity contribution in [3.05, 3.63) is 35.9 Å². The molecule has 1 rings (SSSR count). The van der Waals surface area contributed by atoms with E-state index in [2.05, 4.69) is 43.0 Å². The second kappa shape index (κ2) is 10.3. The number of ether oxygens (including phenoxy) is 1. The molecule has 0 saturated carbocycles. The van der Waals surface area contributed by atoms with Crippen LogP contribution >= 0.6 is 12.4 Å². The third-order valence-electron chi connectivity index (χ3n) is 2.74. The minimum atomic E-state index is 0. The van der Waals surface area contributed by atoms with Crippen molar-refractivity contribution < 1.29 is 4.74 Å². The van der Waals surface area contributed by atoms with Gasteiger partial charge in [0.05, 0.1) is 13.2 Å². The highest BCUT2D eigenvalue weighted by Gasteiger charge is 2.09. The highest BCUT2D eigenvalue weighted by molar-refractivity contribution is 5.85. The molecule has 0 spiro atoms. The van der Waals surface area contributed by atoms with E-state index >= 15 is 0 Å². The molecular weight excluding hydrogens is 248 g/mol. The Kier molecular flexibility index (Phi) is 9.98. The van der Waals surface area contributed by atoms with Crippen molar-refractivity contribution >= 4 is 12.4 Å². The summed E-state index contributed by atoms with van der Waals surface area (Å²) in [6, 6.07) is 11.1. The van der Waals surface area contributed by atoms with Gasteiger partial charge in [0.25, 0.3) is 0 Å². The van der Waals surface area contributed by atoms with Crippen LogP contribution in [0.5, 0.6) is 0 Å². The lowest BCUT2D eigenvalue weighted by Gasteiger charge is -2.26. The summed E-state index contributed by atoms with van der Waals surface area (Å²) < 4.78 is 5.43. The van der Waals surface area contributed by atoms with Gasteiger partial charge < -0.3 is 10.5 Å². The largest absolute Gasteiger partial charge is 0.379 e. The first-order chi connectivity index (χ1) is 8.24. The zero-order valence-electron chi connectivity index (χ0n) is 11.3. The molecule has 0 aliphatic carbocycles. The second-order valence-electron chi connectivity index (χ2n) is 4.45. The Balaban J connectivity index is 0.00000289. The predicted octanol–water partition coefficient (Wildman–Crippen LogP) is 2.29. The molecule has 0 heterocycles. The van der Waals surface area contributed by atoms with E-state index in [1.54, 1.807) is 0 Å². The van der Waals surface area contributed by atoms with Crippen molar-refractivity contribution in [3.63, 3.8) is 0 Å². The summed E-state index contributed by atoms with van der Waals surface area (Å²) >= 11 is 0. The van der Waals surface area contributed by atoms with Crippen LogP contribution in [0.1, 0.15) is 19.4 Å². The summed E-state index contributed by atoms with van der Waals surface area (Å²) in [6.07, 6.45) is 0. The summed E-state index contributed by atoms with van der Waals surface area (Å²) in [7, 11) is 0. The van der Waals surface area contributed by atoms with Crippen molar-refractivity contribution in [2.75, 3.05) is 26.3 Å². The average molecular weight is 273 g/mol. The maximum absolute atomic E-state index is 5.43. The van der Waals surface area contributed by atoms with Crippen LogP contribution in [0, 0.1) is 0 Å². The molecule has 1 aromatic rings. The Bertz CT molecular complexity index is 293. The highest BCUT2D eigenvalue weighted by atomic mass is 35.5. The maximum atomic E-state index is 5.43. The fraction of sp³-hybridized carbons (Fsp3) is 0.571. The fourth-order valence-electron chi connectivity index (χ4n) is 1.70. The van der Waals surface area contributed by atoms with Gasteiger partial charge in [0, 0.05) is 25.7 Å². The normalized spacial score (nSPS) is 10.7. The molecule has 0 radical (unpaired) electrons. The predicted molar refractivity (Wildman–Crippen MR) is 79.1 cm³/mol. The molecule has 0 unspecified atom stereocenters. The number of hydrogen-bond acceptors (Lipinski definition) is 3. The molecule has 0 saturated heterocycles. The van der Waals surface area contributed by atoms with Gasteiger partial charge in [-0.05, 0) is 19.4 Å². The van der Waals surface area contributed by atoms with Gasteiger partial charge in [-0.15, -0.1) is 12.4 Å². The molecule has 2 N–H and O–H groups in total. The number of nitrogens with zero attached hydrogens (tertiary/aromatic N) is 1. The summed E-state index contributed by atoms with van der Waals surface area (Å²) in [5.41, 5.74) is 6.74. The lowest BCUT2D eigenvalue weighted by Crippen LogP contribution is -2.33. The number of hydrogen-bond donors (Lipinski definition) is 1. The monoisotopic (exact) mass is 272 g/mol. The zero-order valence-corrected chi connectivity index (χ0v) is 12.2. The van der Waals surface area contributed by atoms with E-state index in [1.165, 1.54) is 5.56 Å². The lowest BCUT2D eigenvalue weighted by molar-refractivity contribution is 0.0939. The lowest BCUT2D eigenvalue weighted by atomic mass is 10.2.